The number of nitrogens with zero attached hydrogens (tertiary/aromatic N) is 1. The van der Waals surface area contributed by atoms with Crippen molar-refractivity contribution in [1.29, 1.82) is 0 Å². The number of carbonyl (C=O) groups excluding carboxylic acids is 1. The van der Waals surface area contributed by atoms with Crippen LogP contribution in [0.25, 0.3) is 10.9 Å². The molecule has 4 nitrogen and oxygen atoms in total. The molecule has 1 fully saturated rings. The number of H-pyrrole nitrogens is 1. The number of carbonyl (C=O) groups is 1. The van der Waals surface area contributed by atoms with Crippen molar-refractivity contribution in [3.63, 3.8) is 0 Å². The van der Waals surface area contributed by atoms with Crippen molar-refractivity contribution in [3.8, 4) is 0 Å². The van der Waals surface area contributed by atoms with Gasteiger partial charge in [-0.2, -0.15) is 0 Å². The van der Waals surface area contributed by atoms with Gasteiger partial charge in [-0.3, -0.25) is 4.79 Å². The number of likely N-dealkylation sites (tertiary alicyclic amines) is 1. The second kappa shape index (κ2) is 8.74. The summed E-state index contributed by atoms with van der Waals surface area (Å²) in [5.74, 6) is -1.17. The molecule has 0 atom stereocenters. The average Bonchev–Trinajstić information content (AvgIpc) is 3.16. The van der Waals surface area contributed by atoms with E-state index in [4.69, 9.17) is 0 Å². The fourth-order valence-electron chi connectivity index (χ4n) is 4.03. The quantitative estimate of drug-likeness (QED) is 0.657. The Balaban J connectivity index is 1.20. The van der Waals surface area contributed by atoms with Crippen LogP contribution in [-0.4, -0.2) is 42.0 Å². The minimum atomic E-state index is -0.793. The highest BCUT2D eigenvalue weighted by Gasteiger charge is 2.20. The first-order valence-electron chi connectivity index (χ1n) is 10.1. The standard InChI is InChI=1S/C23H25F2N3O/c24-19-6-5-17(14-20(19)25)13-16-7-10-28(11-8-16)12-9-26-23(29)22-15-18-3-1-2-4-21(18)27-22/h1-6,14-16,27H,7-13H2,(H,26,29). The molecule has 0 radical (unpaired) electrons. The first-order valence-corrected chi connectivity index (χ1v) is 10.1. The molecule has 6 heteroatoms. The van der Waals surface area contributed by atoms with Crippen LogP contribution in [0.4, 0.5) is 8.78 Å². The Hall–Kier alpha value is -2.73. The smallest absolute Gasteiger partial charge is 0.267 e. The van der Waals surface area contributed by atoms with Crippen LogP contribution in [0.3, 0.4) is 0 Å². The zero-order chi connectivity index (χ0) is 20.2. The largest absolute Gasteiger partial charge is 0.351 e. The van der Waals surface area contributed by atoms with Gasteiger partial charge in [-0.25, -0.2) is 8.78 Å². The monoisotopic (exact) mass is 397 g/mol. The third kappa shape index (κ3) is 4.82. The Morgan fingerprint density at radius 3 is 2.62 bits per heavy atom. The van der Waals surface area contributed by atoms with Gasteiger partial charge in [0.2, 0.25) is 0 Å². The van der Waals surface area contributed by atoms with Gasteiger partial charge in [0.1, 0.15) is 5.69 Å². The highest BCUT2D eigenvalue weighted by Crippen LogP contribution is 2.22. The summed E-state index contributed by atoms with van der Waals surface area (Å²) in [6, 6.07) is 13.9. The number of hydrogen-bond acceptors (Lipinski definition) is 2. The Bertz CT molecular complexity index is 960. The highest BCUT2D eigenvalue weighted by molar-refractivity contribution is 5.97. The number of hydrogen-bond donors (Lipinski definition) is 2. The number of nitrogens with one attached hydrogen (secondary N) is 2. The molecule has 2 heterocycles. The zero-order valence-corrected chi connectivity index (χ0v) is 16.3. The van der Waals surface area contributed by atoms with Crippen LogP contribution in [0.2, 0.25) is 0 Å². The molecular formula is C23H25F2N3O. The number of aromatic nitrogens is 1. The van der Waals surface area contributed by atoms with E-state index in [1.807, 2.05) is 30.3 Å². The van der Waals surface area contributed by atoms with Crippen LogP contribution >= 0.6 is 0 Å². The van der Waals surface area contributed by atoms with Gasteiger partial charge >= 0.3 is 0 Å². The lowest BCUT2D eigenvalue weighted by Crippen LogP contribution is -2.40. The minimum absolute atomic E-state index is 0.0885. The molecule has 3 aromatic rings. The van der Waals surface area contributed by atoms with E-state index in [2.05, 4.69) is 15.2 Å². The summed E-state index contributed by atoms with van der Waals surface area (Å²) in [5.41, 5.74) is 2.39. The first kappa shape index (κ1) is 19.6. The van der Waals surface area contributed by atoms with Crippen LogP contribution in [0.5, 0.6) is 0 Å². The second-order valence-corrected chi connectivity index (χ2v) is 7.76. The summed E-state index contributed by atoms with van der Waals surface area (Å²) < 4.78 is 26.4. The molecule has 1 aliphatic heterocycles. The zero-order valence-electron chi connectivity index (χ0n) is 16.3. The molecule has 4 rings (SSSR count). The number of para-hydroxylation sites is 1. The van der Waals surface area contributed by atoms with Gasteiger partial charge in [0, 0.05) is 24.0 Å². The van der Waals surface area contributed by atoms with Gasteiger partial charge in [-0.05, 0) is 68.1 Å². The molecule has 1 aromatic heterocycles. The molecule has 29 heavy (non-hydrogen) atoms. The van der Waals surface area contributed by atoms with E-state index in [0.29, 0.717) is 18.2 Å². The van der Waals surface area contributed by atoms with Gasteiger partial charge in [-0.15, -0.1) is 0 Å². The molecule has 0 saturated carbocycles. The number of benzene rings is 2. The van der Waals surface area contributed by atoms with Crippen molar-refractivity contribution in [2.24, 2.45) is 5.92 Å². The maximum Gasteiger partial charge on any atom is 0.267 e. The maximum atomic E-state index is 13.4. The van der Waals surface area contributed by atoms with E-state index in [1.165, 1.54) is 12.1 Å². The third-order valence-corrected chi connectivity index (χ3v) is 5.70. The number of amides is 1. The predicted molar refractivity (Wildman–Crippen MR) is 110 cm³/mol. The predicted octanol–water partition coefficient (Wildman–Crippen LogP) is 4.13. The van der Waals surface area contributed by atoms with E-state index in [9.17, 15) is 13.6 Å². The van der Waals surface area contributed by atoms with Crippen molar-refractivity contribution < 1.29 is 13.6 Å². The molecule has 2 N–H and O–H groups in total. The van der Waals surface area contributed by atoms with Crippen molar-refractivity contribution in [2.45, 2.75) is 19.3 Å². The fourth-order valence-corrected chi connectivity index (χ4v) is 4.03. The van der Waals surface area contributed by atoms with E-state index < -0.39 is 11.6 Å². The average molecular weight is 397 g/mol. The highest BCUT2D eigenvalue weighted by atomic mass is 19.2. The lowest BCUT2D eigenvalue weighted by molar-refractivity contribution is 0.0940. The SMILES string of the molecule is O=C(NCCN1CCC(Cc2ccc(F)c(F)c2)CC1)c1cc2ccccc2[nH]1. The van der Waals surface area contributed by atoms with Gasteiger partial charge in [0.05, 0.1) is 0 Å². The van der Waals surface area contributed by atoms with E-state index in [0.717, 1.165) is 55.4 Å². The van der Waals surface area contributed by atoms with Crippen molar-refractivity contribution in [1.82, 2.24) is 15.2 Å². The fraction of sp³-hybridized carbons (Fsp3) is 0.348. The van der Waals surface area contributed by atoms with Crippen LogP contribution in [-0.2, 0) is 6.42 Å². The van der Waals surface area contributed by atoms with Gasteiger partial charge < -0.3 is 15.2 Å². The first-order chi connectivity index (χ1) is 14.1. The number of halogens is 2. The van der Waals surface area contributed by atoms with E-state index in [-0.39, 0.29) is 5.91 Å². The minimum Gasteiger partial charge on any atom is -0.351 e. The van der Waals surface area contributed by atoms with Crippen molar-refractivity contribution in [3.05, 3.63) is 71.4 Å². The van der Waals surface area contributed by atoms with Gasteiger partial charge in [-0.1, -0.05) is 24.3 Å². The molecule has 2 aromatic carbocycles. The Morgan fingerprint density at radius 1 is 1.07 bits per heavy atom. The molecular weight excluding hydrogens is 372 g/mol. The lowest BCUT2D eigenvalue weighted by atomic mass is 9.90. The molecule has 1 amide bonds. The molecule has 0 unspecified atom stereocenters. The lowest BCUT2D eigenvalue weighted by Gasteiger charge is -2.32. The number of rotatable bonds is 6. The van der Waals surface area contributed by atoms with Gasteiger partial charge in [0.15, 0.2) is 11.6 Å². The molecule has 0 spiro atoms. The summed E-state index contributed by atoms with van der Waals surface area (Å²) in [6.45, 7) is 3.32. The summed E-state index contributed by atoms with van der Waals surface area (Å²) in [4.78, 5) is 17.8. The summed E-state index contributed by atoms with van der Waals surface area (Å²) >= 11 is 0. The van der Waals surface area contributed by atoms with E-state index in [1.54, 1.807) is 6.07 Å². The third-order valence-electron chi connectivity index (χ3n) is 5.70. The van der Waals surface area contributed by atoms with Crippen LogP contribution < -0.4 is 5.32 Å². The molecule has 152 valence electrons. The van der Waals surface area contributed by atoms with Crippen LogP contribution in [0.1, 0.15) is 28.9 Å². The molecule has 1 aliphatic rings. The Kier molecular flexibility index (Phi) is 5.90. The Labute approximate surface area is 168 Å². The maximum absolute atomic E-state index is 13.4. The van der Waals surface area contributed by atoms with Crippen molar-refractivity contribution in [2.75, 3.05) is 26.2 Å². The van der Waals surface area contributed by atoms with Gasteiger partial charge in [0.25, 0.3) is 5.91 Å². The molecule has 0 bridgehead atoms. The number of piperidine rings is 1. The molecule has 1 saturated heterocycles. The Morgan fingerprint density at radius 2 is 1.86 bits per heavy atom. The summed E-state index contributed by atoms with van der Waals surface area (Å²) in [7, 11) is 0. The normalized spacial score (nSPS) is 15.7. The summed E-state index contributed by atoms with van der Waals surface area (Å²) in [5, 5.41) is 4.01. The topological polar surface area (TPSA) is 48.1 Å². The second-order valence-electron chi connectivity index (χ2n) is 7.76. The van der Waals surface area contributed by atoms with Crippen LogP contribution in [0.15, 0.2) is 48.5 Å². The number of fused-ring (bicyclic) bond motifs is 1. The summed E-state index contributed by atoms with van der Waals surface area (Å²) in [6.07, 6.45) is 2.83. The van der Waals surface area contributed by atoms with Crippen LogP contribution in [0, 0.1) is 17.6 Å². The van der Waals surface area contributed by atoms with Crippen molar-refractivity contribution >= 4 is 16.8 Å². The van der Waals surface area contributed by atoms with E-state index >= 15 is 0 Å². The number of aromatic amines is 1. The molecule has 0 aliphatic carbocycles.